The van der Waals surface area contributed by atoms with E-state index in [2.05, 4.69) is 47.2 Å². The molecular formula is C16H24N2O. The third-order valence-electron chi connectivity index (χ3n) is 5.15. The molecule has 104 valence electrons. The van der Waals surface area contributed by atoms with Gasteiger partial charge in [-0.2, -0.15) is 0 Å². The normalized spacial score (nSPS) is 32.4. The lowest BCUT2D eigenvalue weighted by Gasteiger charge is -2.46. The maximum atomic E-state index is 9.15. The van der Waals surface area contributed by atoms with E-state index in [1.165, 1.54) is 24.9 Å². The number of hydrogen-bond acceptors (Lipinski definition) is 3. The van der Waals surface area contributed by atoms with Crippen molar-refractivity contribution >= 4 is 0 Å². The zero-order chi connectivity index (χ0) is 13.3. The molecule has 1 aromatic carbocycles. The van der Waals surface area contributed by atoms with Gasteiger partial charge in [-0.1, -0.05) is 30.3 Å². The van der Waals surface area contributed by atoms with Crippen LogP contribution in [0.1, 0.15) is 18.4 Å². The second-order valence-corrected chi connectivity index (χ2v) is 6.04. The van der Waals surface area contributed by atoms with Crippen LogP contribution in [0, 0.1) is 0 Å². The topological polar surface area (TPSA) is 26.7 Å². The molecule has 0 saturated carbocycles. The zero-order valence-corrected chi connectivity index (χ0v) is 11.8. The highest BCUT2D eigenvalue weighted by Gasteiger charge is 2.49. The van der Waals surface area contributed by atoms with Crippen molar-refractivity contribution < 1.29 is 5.11 Å². The van der Waals surface area contributed by atoms with Crippen LogP contribution in [0.5, 0.6) is 0 Å². The van der Waals surface area contributed by atoms with Crippen LogP contribution in [0.15, 0.2) is 30.3 Å². The molecule has 3 rings (SSSR count). The van der Waals surface area contributed by atoms with Crippen LogP contribution >= 0.6 is 0 Å². The molecule has 2 fully saturated rings. The van der Waals surface area contributed by atoms with Crippen LogP contribution in [0.4, 0.5) is 0 Å². The first-order chi connectivity index (χ1) is 9.26. The van der Waals surface area contributed by atoms with E-state index in [-0.39, 0.29) is 6.61 Å². The van der Waals surface area contributed by atoms with Gasteiger partial charge in [0.1, 0.15) is 0 Å². The van der Waals surface area contributed by atoms with Gasteiger partial charge < -0.3 is 10.0 Å². The van der Waals surface area contributed by atoms with Crippen molar-refractivity contribution in [2.75, 3.05) is 39.8 Å². The molecule has 2 aliphatic rings. The van der Waals surface area contributed by atoms with E-state index < -0.39 is 0 Å². The molecule has 0 bridgehead atoms. The fourth-order valence-corrected chi connectivity index (χ4v) is 4.02. The Bertz CT molecular complexity index is 422. The molecule has 0 unspecified atom stereocenters. The number of benzene rings is 1. The lowest BCUT2D eigenvalue weighted by molar-refractivity contribution is 0.0824. The number of β-amino-alcohol motifs (C(OH)–C–C–N with tert-alkyl or cyclic N) is 1. The maximum Gasteiger partial charge on any atom is 0.0558 e. The molecule has 19 heavy (non-hydrogen) atoms. The van der Waals surface area contributed by atoms with Gasteiger partial charge in [-0.3, -0.25) is 4.90 Å². The van der Waals surface area contributed by atoms with Crippen molar-refractivity contribution in [3.63, 3.8) is 0 Å². The van der Waals surface area contributed by atoms with E-state index in [1.54, 1.807) is 0 Å². The Kier molecular flexibility index (Phi) is 3.61. The van der Waals surface area contributed by atoms with Gasteiger partial charge in [0.15, 0.2) is 0 Å². The molecule has 0 aliphatic carbocycles. The molecule has 0 radical (unpaired) electrons. The van der Waals surface area contributed by atoms with Crippen LogP contribution in [-0.4, -0.2) is 60.8 Å². The van der Waals surface area contributed by atoms with Gasteiger partial charge in [-0.25, -0.2) is 0 Å². The van der Waals surface area contributed by atoms with Crippen molar-refractivity contribution in [2.45, 2.75) is 24.3 Å². The highest BCUT2D eigenvalue weighted by Crippen LogP contribution is 2.44. The molecule has 1 N–H and O–H groups in total. The zero-order valence-electron chi connectivity index (χ0n) is 11.8. The molecule has 2 heterocycles. The average molecular weight is 260 g/mol. The van der Waals surface area contributed by atoms with E-state index in [1.807, 2.05) is 0 Å². The highest BCUT2D eigenvalue weighted by atomic mass is 16.3. The van der Waals surface area contributed by atoms with Crippen molar-refractivity contribution in [2.24, 2.45) is 0 Å². The Hall–Kier alpha value is -0.900. The Labute approximate surface area is 115 Å². The molecule has 3 heteroatoms. The fourth-order valence-electron chi connectivity index (χ4n) is 4.02. The van der Waals surface area contributed by atoms with Gasteiger partial charge in [0.2, 0.25) is 0 Å². The summed E-state index contributed by atoms with van der Waals surface area (Å²) in [5.41, 5.74) is 1.84. The SMILES string of the molecule is CN1CC[C@]2(c3ccccc3)CCN(CCO)C[C@H]12. The first-order valence-corrected chi connectivity index (χ1v) is 7.35. The number of piperidine rings is 1. The predicted molar refractivity (Wildman–Crippen MR) is 77.3 cm³/mol. The molecule has 1 aromatic rings. The van der Waals surface area contributed by atoms with Crippen LogP contribution < -0.4 is 0 Å². The number of rotatable bonds is 3. The number of hydrogen-bond donors (Lipinski definition) is 1. The van der Waals surface area contributed by atoms with Crippen molar-refractivity contribution in [3.8, 4) is 0 Å². The van der Waals surface area contributed by atoms with Crippen molar-refractivity contribution in [1.82, 2.24) is 9.80 Å². The molecule has 2 saturated heterocycles. The van der Waals surface area contributed by atoms with Crippen molar-refractivity contribution in [3.05, 3.63) is 35.9 Å². The lowest BCUT2D eigenvalue weighted by atomic mass is 9.69. The fraction of sp³-hybridized carbons (Fsp3) is 0.625. The summed E-state index contributed by atoms with van der Waals surface area (Å²) in [6.07, 6.45) is 2.48. The summed E-state index contributed by atoms with van der Waals surface area (Å²) in [5.74, 6) is 0. The molecule has 0 aromatic heterocycles. The Balaban J connectivity index is 1.88. The first-order valence-electron chi connectivity index (χ1n) is 7.35. The molecule has 0 spiro atoms. The smallest absolute Gasteiger partial charge is 0.0558 e. The third kappa shape index (κ3) is 2.20. The van der Waals surface area contributed by atoms with Gasteiger partial charge >= 0.3 is 0 Å². The van der Waals surface area contributed by atoms with Crippen LogP contribution in [0.2, 0.25) is 0 Å². The number of aliphatic hydroxyl groups excluding tert-OH is 1. The summed E-state index contributed by atoms with van der Waals surface area (Å²) in [5, 5.41) is 9.15. The quantitative estimate of drug-likeness (QED) is 0.888. The monoisotopic (exact) mass is 260 g/mol. The van der Waals surface area contributed by atoms with E-state index in [0.29, 0.717) is 11.5 Å². The minimum Gasteiger partial charge on any atom is -0.395 e. The average Bonchev–Trinajstić information content (AvgIpc) is 2.79. The molecule has 3 nitrogen and oxygen atoms in total. The highest BCUT2D eigenvalue weighted by molar-refractivity contribution is 5.31. The standard InChI is InChI=1S/C16H24N2O/c1-17-9-7-16(14-5-3-2-4-6-14)8-10-18(11-12-19)13-15(16)17/h2-6,15,19H,7-13H2,1H3/t15-,16+/m0/s1. The van der Waals surface area contributed by atoms with Gasteiger partial charge in [-0.05, 0) is 38.5 Å². The molecular weight excluding hydrogens is 236 g/mol. The first kappa shape index (κ1) is 13.1. The Morgan fingerprint density at radius 1 is 1.21 bits per heavy atom. The van der Waals surface area contributed by atoms with E-state index in [4.69, 9.17) is 5.11 Å². The van der Waals surface area contributed by atoms with Gasteiger partial charge in [-0.15, -0.1) is 0 Å². The lowest BCUT2D eigenvalue weighted by Crippen LogP contribution is -2.55. The predicted octanol–water partition coefficient (Wildman–Crippen LogP) is 1.33. The number of likely N-dealkylation sites (N-methyl/N-ethyl adjacent to an activating group) is 1. The summed E-state index contributed by atoms with van der Waals surface area (Å²) in [6, 6.07) is 11.6. The Morgan fingerprint density at radius 3 is 2.68 bits per heavy atom. The van der Waals surface area contributed by atoms with Crippen LogP contribution in [0.25, 0.3) is 0 Å². The number of fused-ring (bicyclic) bond motifs is 1. The van der Waals surface area contributed by atoms with E-state index in [9.17, 15) is 0 Å². The van der Waals surface area contributed by atoms with E-state index >= 15 is 0 Å². The summed E-state index contributed by atoms with van der Waals surface area (Å²) >= 11 is 0. The molecule has 0 amide bonds. The number of aliphatic hydroxyl groups is 1. The maximum absolute atomic E-state index is 9.15. The molecule has 2 atom stereocenters. The minimum absolute atomic E-state index is 0.273. The second-order valence-electron chi connectivity index (χ2n) is 6.04. The second kappa shape index (κ2) is 5.23. The summed E-state index contributed by atoms with van der Waals surface area (Å²) in [7, 11) is 2.25. The van der Waals surface area contributed by atoms with Gasteiger partial charge in [0, 0.05) is 24.5 Å². The number of nitrogens with zero attached hydrogens (tertiary/aromatic N) is 2. The summed E-state index contributed by atoms with van der Waals surface area (Å²) in [4.78, 5) is 4.92. The molecule has 2 aliphatic heterocycles. The van der Waals surface area contributed by atoms with Crippen LogP contribution in [0.3, 0.4) is 0 Å². The van der Waals surface area contributed by atoms with Gasteiger partial charge in [0.25, 0.3) is 0 Å². The third-order valence-corrected chi connectivity index (χ3v) is 5.15. The Morgan fingerprint density at radius 2 is 1.95 bits per heavy atom. The largest absolute Gasteiger partial charge is 0.395 e. The van der Waals surface area contributed by atoms with Crippen LogP contribution in [-0.2, 0) is 5.41 Å². The number of likely N-dealkylation sites (tertiary alicyclic amines) is 2. The van der Waals surface area contributed by atoms with Crippen molar-refractivity contribution in [1.29, 1.82) is 0 Å². The summed E-state index contributed by atoms with van der Waals surface area (Å²) < 4.78 is 0. The van der Waals surface area contributed by atoms with E-state index in [0.717, 1.165) is 19.6 Å². The van der Waals surface area contributed by atoms with Gasteiger partial charge in [0.05, 0.1) is 6.61 Å². The minimum atomic E-state index is 0.273. The summed E-state index contributed by atoms with van der Waals surface area (Å²) in [6.45, 7) is 4.47.